The lowest BCUT2D eigenvalue weighted by Gasteiger charge is -2.63. The fraction of sp³-hybridized carbons (Fsp3) is 1.00. The predicted molar refractivity (Wildman–Crippen MR) is 185 cm³/mol. The van der Waals surface area contributed by atoms with Gasteiger partial charge in [-0.05, 0) is 116 Å². The van der Waals surface area contributed by atoms with Crippen LogP contribution in [0.4, 0.5) is 0 Å². The summed E-state index contributed by atoms with van der Waals surface area (Å²) in [5, 5.41) is 75.6. The van der Waals surface area contributed by atoms with Crippen molar-refractivity contribution in [3.05, 3.63) is 0 Å². The fourth-order valence-corrected chi connectivity index (χ4v) is 15.1. The SMILES string of the molecule is CC1C2OC(C)(C)C(O)C2(O)OC2CC3(C)C4CCC5C(C)(C)C(OC6OCC(O)C(OC7OCC(O)C(O)C7O)C6O)CCC56CC46CCC3(C)C21. The average Bonchev–Trinajstić information content (AvgIpc) is 3.64. The van der Waals surface area contributed by atoms with E-state index in [9.17, 15) is 35.7 Å². The summed E-state index contributed by atoms with van der Waals surface area (Å²) in [6.45, 7) is 15.1. The van der Waals surface area contributed by atoms with Crippen LogP contribution in [0, 0.1) is 50.7 Å². The van der Waals surface area contributed by atoms with E-state index in [0.29, 0.717) is 11.8 Å². The molecule has 2 spiro atoms. The highest BCUT2D eigenvalue weighted by Gasteiger charge is 2.84. The number of hydrogen-bond acceptors (Lipinski definition) is 13. The Morgan fingerprint density at radius 3 is 2.02 bits per heavy atom. The van der Waals surface area contributed by atoms with Crippen molar-refractivity contribution in [2.45, 2.75) is 185 Å². The minimum Gasteiger partial charge on any atom is -0.388 e. The fourth-order valence-electron chi connectivity index (χ4n) is 15.1. The van der Waals surface area contributed by atoms with Gasteiger partial charge in [0.2, 0.25) is 5.79 Å². The number of fused-ring (bicyclic) bond motifs is 5. The molecule has 13 heteroatoms. The summed E-state index contributed by atoms with van der Waals surface area (Å²) in [7, 11) is 0. The van der Waals surface area contributed by atoms with Crippen molar-refractivity contribution in [2.75, 3.05) is 13.2 Å². The first-order chi connectivity index (χ1) is 24.7. The maximum Gasteiger partial charge on any atom is 0.222 e. The molecular weight excluding hydrogens is 688 g/mol. The maximum absolute atomic E-state index is 11.8. The van der Waals surface area contributed by atoms with Crippen LogP contribution in [-0.2, 0) is 28.4 Å². The molecule has 5 aliphatic carbocycles. The molecule has 0 aromatic rings. The van der Waals surface area contributed by atoms with E-state index in [1.807, 2.05) is 13.8 Å². The zero-order chi connectivity index (χ0) is 38.1. The van der Waals surface area contributed by atoms with Gasteiger partial charge in [0, 0.05) is 0 Å². The van der Waals surface area contributed by atoms with Gasteiger partial charge < -0.3 is 64.2 Å². The van der Waals surface area contributed by atoms with Gasteiger partial charge in [-0.2, -0.15) is 0 Å². The van der Waals surface area contributed by atoms with Gasteiger partial charge in [0.25, 0.3) is 0 Å². The number of hydrogen-bond donors (Lipinski definition) is 7. The van der Waals surface area contributed by atoms with E-state index in [4.69, 9.17) is 28.4 Å². The number of aliphatic hydroxyl groups is 7. The summed E-state index contributed by atoms with van der Waals surface area (Å²) in [5.74, 6) is -0.506. The lowest BCUT2D eigenvalue weighted by molar-refractivity contribution is -0.345. The lowest BCUT2D eigenvalue weighted by atomic mass is 9.41. The van der Waals surface area contributed by atoms with Crippen molar-refractivity contribution >= 4 is 0 Å². The first-order valence-corrected chi connectivity index (χ1v) is 20.4. The molecule has 13 nitrogen and oxygen atoms in total. The summed E-state index contributed by atoms with van der Waals surface area (Å²) < 4.78 is 36.8. The molecule has 5 saturated carbocycles. The Kier molecular flexibility index (Phi) is 8.46. The smallest absolute Gasteiger partial charge is 0.222 e. The number of rotatable bonds is 4. The Morgan fingerprint density at radius 2 is 1.30 bits per heavy atom. The van der Waals surface area contributed by atoms with Crippen LogP contribution in [-0.4, -0.2) is 134 Å². The van der Waals surface area contributed by atoms with Crippen LogP contribution in [0.5, 0.6) is 0 Å². The van der Waals surface area contributed by atoms with Gasteiger partial charge in [-0.3, -0.25) is 0 Å². The van der Waals surface area contributed by atoms with Crippen LogP contribution in [0.1, 0.15) is 99.8 Å². The molecule has 4 heterocycles. The zero-order valence-electron chi connectivity index (χ0n) is 32.4. The van der Waals surface area contributed by atoms with Crippen LogP contribution >= 0.6 is 0 Å². The van der Waals surface area contributed by atoms with Gasteiger partial charge in [0.05, 0.1) is 31.0 Å². The summed E-state index contributed by atoms with van der Waals surface area (Å²) in [4.78, 5) is 0. The van der Waals surface area contributed by atoms with Crippen LogP contribution in [0.3, 0.4) is 0 Å². The molecule has 21 unspecified atom stereocenters. The second kappa shape index (κ2) is 11.8. The Morgan fingerprint density at radius 1 is 0.660 bits per heavy atom. The summed E-state index contributed by atoms with van der Waals surface area (Å²) >= 11 is 0. The lowest BCUT2D eigenvalue weighted by Crippen LogP contribution is -2.63. The molecule has 4 aliphatic heterocycles. The highest BCUT2D eigenvalue weighted by atomic mass is 16.7. The topological polar surface area (TPSA) is 197 Å². The normalized spacial score (nSPS) is 61.9. The molecule has 0 radical (unpaired) electrons. The van der Waals surface area contributed by atoms with E-state index < -0.39 is 72.8 Å². The van der Waals surface area contributed by atoms with Crippen molar-refractivity contribution in [3.8, 4) is 0 Å². The molecule has 7 N–H and O–H groups in total. The van der Waals surface area contributed by atoms with E-state index >= 15 is 0 Å². The van der Waals surface area contributed by atoms with E-state index in [0.717, 1.165) is 38.5 Å². The minimum atomic E-state index is -1.71. The highest BCUT2D eigenvalue weighted by molar-refractivity contribution is 5.32. The third-order valence-electron chi connectivity index (χ3n) is 17.8. The van der Waals surface area contributed by atoms with Crippen molar-refractivity contribution < 1.29 is 64.2 Å². The molecule has 53 heavy (non-hydrogen) atoms. The summed E-state index contributed by atoms with van der Waals surface area (Å²) in [5.41, 5.74) is -0.657. The number of aliphatic hydroxyl groups excluding tert-OH is 6. The molecule has 0 aromatic heterocycles. The van der Waals surface area contributed by atoms with E-state index in [2.05, 4.69) is 34.6 Å². The average molecular weight is 753 g/mol. The van der Waals surface area contributed by atoms with Crippen molar-refractivity contribution in [2.24, 2.45) is 50.7 Å². The second-order valence-corrected chi connectivity index (χ2v) is 20.6. The monoisotopic (exact) mass is 752 g/mol. The van der Waals surface area contributed by atoms with E-state index in [-0.39, 0.29) is 64.3 Å². The third-order valence-corrected chi connectivity index (χ3v) is 17.8. The van der Waals surface area contributed by atoms with Gasteiger partial charge in [-0.15, -0.1) is 0 Å². The van der Waals surface area contributed by atoms with Gasteiger partial charge in [-0.25, -0.2) is 0 Å². The Labute approximate surface area is 312 Å². The van der Waals surface area contributed by atoms with Crippen molar-refractivity contribution in [1.82, 2.24) is 0 Å². The molecule has 9 aliphatic rings. The van der Waals surface area contributed by atoms with Crippen LogP contribution in [0.2, 0.25) is 0 Å². The molecule has 0 bridgehead atoms. The van der Waals surface area contributed by atoms with Crippen LogP contribution in [0.15, 0.2) is 0 Å². The van der Waals surface area contributed by atoms with Gasteiger partial charge in [0.15, 0.2) is 12.6 Å². The number of ether oxygens (including phenoxy) is 6. The quantitative estimate of drug-likeness (QED) is 0.205. The standard InChI is InChI=1S/C40H64O13/c1-18-25-21(52-40(47)30(18)53-35(4,5)33(40)46)14-37(7)23-9-8-22-34(2,3)24(10-11-38(22)17-39(23,38)13-12-36(25,37)6)50-32-28(45)29(20(42)16-49-32)51-31-27(44)26(43)19(41)15-48-31/h18-33,41-47H,8-17H2,1-7H3. The van der Waals surface area contributed by atoms with Crippen molar-refractivity contribution in [3.63, 3.8) is 0 Å². The molecule has 9 rings (SSSR count). The highest BCUT2D eigenvalue weighted by Crippen LogP contribution is 2.89. The molecular formula is C40H64O13. The molecule has 4 saturated heterocycles. The van der Waals surface area contributed by atoms with Gasteiger partial charge in [0.1, 0.15) is 48.8 Å². The third kappa shape index (κ3) is 4.77. The molecule has 0 amide bonds. The van der Waals surface area contributed by atoms with E-state index in [1.54, 1.807) is 0 Å². The first kappa shape index (κ1) is 38.0. The van der Waals surface area contributed by atoms with Crippen LogP contribution in [0.25, 0.3) is 0 Å². The first-order valence-electron chi connectivity index (χ1n) is 20.4. The van der Waals surface area contributed by atoms with Gasteiger partial charge in [-0.1, -0.05) is 34.6 Å². The molecule has 9 fully saturated rings. The Hall–Kier alpha value is -0.520. The second-order valence-electron chi connectivity index (χ2n) is 20.6. The molecule has 21 atom stereocenters. The Bertz CT molecular complexity index is 1460. The Balaban J connectivity index is 0.915. The molecule has 302 valence electrons. The van der Waals surface area contributed by atoms with Crippen molar-refractivity contribution in [1.29, 1.82) is 0 Å². The maximum atomic E-state index is 11.8. The van der Waals surface area contributed by atoms with E-state index in [1.165, 1.54) is 12.8 Å². The summed E-state index contributed by atoms with van der Waals surface area (Å²) in [6.07, 6.45) is -4.19. The summed E-state index contributed by atoms with van der Waals surface area (Å²) in [6, 6.07) is 0. The zero-order valence-corrected chi connectivity index (χ0v) is 32.4. The van der Waals surface area contributed by atoms with Crippen LogP contribution < -0.4 is 0 Å². The van der Waals surface area contributed by atoms with Gasteiger partial charge >= 0.3 is 0 Å². The molecule has 0 aromatic carbocycles. The minimum absolute atomic E-state index is 0.00985. The largest absolute Gasteiger partial charge is 0.388 e. The predicted octanol–water partition coefficient (Wildman–Crippen LogP) is 1.58.